The summed E-state index contributed by atoms with van der Waals surface area (Å²) in [6.07, 6.45) is -0.500. The molecule has 0 aliphatic rings. The molecular weight excluding hydrogens is 310 g/mol. The minimum absolute atomic E-state index is 0. The van der Waals surface area contributed by atoms with Crippen LogP contribution in [0.2, 0.25) is 0 Å². The van der Waals surface area contributed by atoms with Crippen molar-refractivity contribution in [1.29, 1.82) is 0 Å². The molecule has 0 fully saturated rings. The van der Waals surface area contributed by atoms with Gasteiger partial charge in [0.2, 0.25) is 0 Å². The van der Waals surface area contributed by atoms with E-state index >= 15 is 0 Å². The molecule has 1 radical (unpaired) electrons. The average Bonchev–Trinajstić information content (AvgIpc) is 1.54. The summed E-state index contributed by atoms with van der Waals surface area (Å²) in [5.74, 6) is 0. The van der Waals surface area contributed by atoms with Crippen LogP contribution in [0, 0.1) is 0 Å². The first-order valence-corrected chi connectivity index (χ1v) is 4.24. The fraction of sp³-hybridized carbons (Fsp3) is 1.00. The Morgan fingerprint density at radius 2 is 0.500 bits per heavy atom. The van der Waals surface area contributed by atoms with Crippen molar-refractivity contribution in [2.75, 3.05) is 0 Å². The SMILES string of the molecule is CC(C)O.CC(C)O.CC(C)O.[Cl-].[Cl-].[Cl-].[Ti+3]. The molecule has 0 aromatic carbocycles. The molecule has 0 atom stereocenters. The Balaban J connectivity index is -0.0000000135. The maximum absolute atomic E-state index is 8.06. The van der Waals surface area contributed by atoms with Crippen molar-refractivity contribution in [3.63, 3.8) is 0 Å². The van der Waals surface area contributed by atoms with E-state index in [9.17, 15) is 0 Å². The minimum Gasteiger partial charge on any atom is -1.00 e. The molecule has 3 nitrogen and oxygen atoms in total. The van der Waals surface area contributed by atoms with Gasteiger partial charge in [-0.3, -0.25) is 0 Å². The molecule has 0 aliphatic heterocycles. The van der Waals surface area contributed by atoms with Gasteiger partial charge in [-0.1, -0.05) is 0 Å². The number of rotatable bonds is 0. The average molecular weight is 335 g/mol. The van der Waals surface area contributed by atoms with E-state index in [1.165, 1.54) is 0 Å². The molecule has 0 aromatic heterocycles. The zero-order valence-electron chi connectivity index (χ0n) is 10.7. The second kappa shape index (κ2) is 36.0. The van der Waals surface area contributed by atoms with Crippen LogP contribution in [-0.2, 0) is 21.7 Å². The quantitative estimate of drug-likeness (QED) is 0.386. The maximum Gasteiger partial charge on any atom is 3.00 e. The van der Waals surface area contributed by atoms with E-state index in [2.05, 4.69) is 0 Å². The fourth-order valence-corrected chi connectivity index (χ4v) is 0. The van der Waals surface area contributed by atoms with Crippen LogP contribution in [0.4, 0.5) is 0 Å². The van der Waals surface area contributed by atoms with Gasteiger partial charge < -0.3 is 52.5 Å². The Labute approximate surface area is 134 Å². The molecule has 0 aromatic rings. The summed E-state index contributed by atoms with van der Waals surface area (Å²) in [5.41, 5.74) is 0. The molecule has 0 saturated carbocycles. The Morgan fingerprint density at radius 3 is 0.500 bits per heavy atom. The van der Waals surface area contributed by atoms with E-state index in [0.29, 0.717) is 0 Å². The molecule has 0 amide bonds. The summed E-state index contributed by atoms with van der Waals surface area (Å²) in [5, 5.41) is 24.2. The van der Waals surface area contributed by atoms with Gasteiger partial charge in [-0.2, -0.15) is 0 Å². The van der Waals surface area contributed by atoms with Crippen LogP contribution in [0.15, 0.2) is 0 Å². The van der Waals surface area contributed by atoms with E-state index in [-0.39, 0.29) is 77.3 Å². The van der Waals surface area contributed by atoms with Crippen LogP contribution >= 0.6 is 0 Å². The summed E-state index contributed by atoms with van der Waals surface area (Å²) in [6.45, 7) is 10.3. The molecule has 7 heteroatoms. The smallest absolute Gasteiger partial charge is 1.00 e. The van der Waals surface area contributed by atoms with Gasteiger partial charge in [-0.05, 0) is 41.5 Å². The van der Waals surface area contributed by atoms with Crippen LogP contribution in [0.5, 0.6) is 0 Å². The van der Waals surface area contributed by atoms with Crippen molar-refractivity contribution < 1.29 is 74.3 Å². The largest absolute Gasteiger partial charge is 3.00 e. The van der Waals surface area contributed by atoms with Crippen molar-refractivity contribution in [3.05, 3.63) is 0 Å². The van der Waals surface area contributed by atoms with Crippen LogP contribution in [0.1, 0.15) is 41.5 Å². The van der Waals surface area contributed by atoms with Crippen LogP contribution in [-0.4, -0.2) is 33.6 Å². The maximum atomic E-state index is 8.06. The predicted molar refractivity (Wildman–Crippen MR) is 52.1 cm³/mol. The summed E-state index contributed by atoms with van der Waals surface area (Å²) in [6, 6.07) is 0. The van der Waals surface area contributed by atoms with E-state index in [1.54, 1.807) is 41.5 Å². The van der Waals surface area contributed by atoms with Crippen molar-refractivity contribution in [3.8, 4) is 0 Å². The van der Waals surface area contributed by atoms with Crippen molar-refractivity contribution in [2.24, 2.45) is 0 Å². The van der Waals surface area contributed by atoms with Crippen LogP contribution in [0.3, 0.4) is 0 Å². The van der Waals surface area contributed by atoms with Crippen molar-refractivity contribution in [2.45, 2.75) is 59.9 Å². The topological polar surface area (TPSA) is 60.7 Å². The second-order valence-corrected chi connectivity index (χ2v) is 3.28. The first kappa shape index (κ1) is 43.2. The zero-order chi connectivity index (χ0) is 10.7. The minimum atomic E-state index is -0.167. The Bertz CT molecular complexity index is 54.5. The first-order valence-electron chi connectivity index (χ1n) is 4.24. The summed E-state index contributed by atoms with van der Waals surface area (Å²) in [4.78, 5) is 0. The van der Waals surface area contributed by atoms with Crippen LogP contribution in [0.25, 0.3) is 0 Å². The Hall–Kier alpha value is 1.46. The number of hydrogen-bond acceptors (Lipinski definition) is 3. The van der Waals surface area contributed by atoms with Gasteiger partial charge in [0.15, 0.2) is 0 Å². The molecule has 0 heterocycles. The van der Waals surface area contributed by atoms with Crippen molar-refractivity contribution in [1.82, 2.24) is 0 Å². The Kier molecular flexibility index (Phi) is 97.2. The first-order chi connectivity index (χ1) is 5.20. The predicted octanol–water partition coefficient (Wildman–Crippen LogP) is -7.83. The number of aliphatic hydroxyl groups is 3. The van der Waals surface area contributed by atoms with E-state index in [4.69, 9.17) is 15.3 Å². The number of aliphatic hydroxyl groups excluding tert-OH is 3. The third-order valence-corrected chi connectivity index (χ3v) is 0. The van der Waals surface area contributed by atoms with E-state index < -0.39 is 0 Å². The standard InChI is InChI=1S/3C3H8O.3ClH.Ti/c3*1-3(2)4;;;;/h3*3-4H,1-2H3;3*1H;/q;;;;;;+3/p-3. The monoisotopic (exact) mass is 333 g/mol. The molecule has 0 rings (SSSR count). The summed E-state index contributed by atoms with van der Waals surface area (Å²) >= 11 is 0. The van der Waals surface area contributed by atoms with Crippen LogP contribution < -0.4 is 37.2 Å². The molecular formula is C9H24Cl3O3Ti. The molecule has 3 N–H and O–H groups in total. The van der Waals surface area contributed by atoms with Gasteiger partial charge in [-0.25, -0.2) is 0 Å². The molecule has 16 heavy (non-hydrogen) atoms. The molecule has 0 aliphatic carbocycles. The summed E-state index contributed by atoms with van der Waals surface area (Å²) < 4.78 is 0. The van der Waals surface area contributed by atoms with Crippen molar-refractivity contribution >= 4 is 0 Å². The third-order valence-electron chi connectivity index (χ3n) is 0. The molecule has 0 saturated heterocycles. The second-order valence-electron chi connectivity index (χ2n) is 3.28. The van der Waals surface area contributed by atoms with Gasteiger partial charge in [0.25, 0.3) is 0 Å². The number of halogens is 3. The Morgan fingerprint density at radius 1 is 0.500 bits per heavy atom. The molecule has 0 bridgehead atoms. The number of hydrogen-bond donors (Lipinski definition) is 3. The fourth-order valence-electron chi connectivity index (χ4n) is 0. The third kappa shape index (κ3) is 1510. The van der Waals surface area contributed by atoms with E-state index in [0.717, 1.165) is 0 Å². The summed E-state index contributed by atoms with van der Waals surface area (Å²) in [7, 11) is 0. The van der Waals surface area contributed by atoms with Gasteiger partial charge in [-0.15, -0.1) is 0 Å². The normalized spacial score (nSPS) is 6.75. The molecule has 0 unspecified atom stereocenters. The van der Waals surface area contributed by atoms with Gasteiger partial charge in [0.1, 0.15) is 0 Å². The molecule has 103 valence electrons. The van der Waals surface area contributed by atoms with Gasteiger partial charge in [0, 0.05) is 18.3 Å². The molecule has 0 spiro atoms. The van der Waals surface area contributed by atoms with Gasteiger partial charge in [0.05, 0.1) is 0 Å². The van der Waals surface area contributed by atoms with E-state index in [1.807, 2.05) is 0 Å². The zero-order valence-corrected chi connectivity index (χ0v) is 14.5. The van der Waals surface area contributed by atoms with Gasteiger partial charge >= 0.3 is 21.7 Å².